The zero-order valence-electron chi connectivity index (χ0n) is 14.0. The molecule has 7 heteroatoms. The summed E-state index contributed by atoms with van der Waals surface area (Å²) in [6.07, 6.45) is 5.27. The number of carbonyl (C=O) groups is 1. The minimum Gasteiger partial charge on any atom is -0.477 e. The molecule has 0 saturated heterocycles. The van der Waals surface area contributed by atoms with Crippen LogP contribution in [-0.4, -0.2) is 27.0 Å². The Morgan fingerprint density at radius 3 is 2.68 bits per heavy atom. The molecule has 3 aromatic rings. The molecule has 128 valence electrons. The molecular weight excluding hydrogens is 336 g/mol. The van der Waals surface area contributed by atoms with Crippen LogP contribution < -0.4 is 10.1 Å². The summed E-state index contributed by atoms with van der Waals surface area (Å²) < 4.78 is 7.36. The van der Waals surface area contributed by atoms with E-state index in [1.165, 1.54) is 0 Å². The SMILES string of the molecule is CCOc1ncccc1C(=O)Nc1ccc(Sc2nccn2C)cc1. The van der Waals surface area contributed by atoms with Crippen molar-refractivity contribution in [3.8, 4) is 5.88 Å². The fourth-order valence-electron chi connectivity index (χ4n) is 2.18. The van der Waals surface area contributed by atoms with Crippen molar-refractivity contribution in [1.29, 1.82) is 0 Å². The van der Waals surface area contributed by atoms with Gasteiger partial charge in [0, 0.05) is 36.2 Å². The Morgan fingerprint density at radius 1 is 1.20 bits per heavy atom. The summed E-state index contributed by atoms with van der Waals surface area (Å²) >= 11 is 1.56. The average Bonchev–Trinajstić information content (AvgIpc) is 3.02. The molecule has 1 aromatic carbocycles. The van der Waals surface area contributed by atoms with Gasteiger partial charge in [-0.25, -0.2) is 9.97 Å². The van der Waals surface area contributed by atoms with Crippen LogP contribution in [0.2, 0.25) is 0 Å². The molecular formula is C18H18N4O2S. The van der Waals surface area contributed by atoms with Crippen molar-refractivity contribution >= 4 is 23.4 Å². The number of benzene rings is 1. The minimum absolute atomic E-state index is 0.249. The summed E-state index contributed by atoms with van der Waals surface area (Å²) in [4.78, 5) is 21.9. The molecule has 0 fully saturated rings. The van der Waals surface area contributed by atoms with E-state index >= 15 is 0 Å². The highest BCUT2D eigenvalue weighted by atomic mass is 32.2. The number of ether oxygens (including phenoxy) is 1. The first kappa shape index (κ1) is 17.0. The second-order valence-corrected chi connectivity index (χ2v) is 6.23. The Bertz CT molecular complexity index is 862. The number of anilines is 1. The van der Waals surface area contributed by atoms with Gasteiger partial charge in [-0.2, -0.15) is 0 Å². The average molecular weight is 354 g/mol. The standard InChI is InChI=1S/C18H18N4O2S/c1-3-24-17-15(5-4-10-19-17)16(23)21-13-6-8-14(9-7-13)25-18-20-11-12-22(18)2/h4-12H,3H2,1-2H3,(H,21,23). The van der Waals surface area contributed by atoms with E-state index in [1.807, 2.05) is 49.0 Å². The maximum absolute atomic E-state index is 12.4. The van der Waals surface area contributed by atoms with Gasteiger partial charge in [-0.05, 0) is 43.3 Å². The van der Waals surface area contributed by atoms with Crippen LogP contribution in [0.25, 0.3) is 0 Å². The van der Waals surface area contributed by atoms with Crippen molar-refractivity contribution in [3.05, 3.63) is 60.6 Å². The molecule has 2 aromatic heterocycles. The molecule has 0 bridgehead atoms. The van der Waals surface area contributed by atoms with E-state index in [0.717, 1.165) is 10.1 Å². The molecule has 1 amide bonds. The van der Waals surface area contributed by atoms with Gasteiger partial charge < -0.3 is 14.6 Å². The topological polar surface area (TPSA) is 69.0 Å². The minimum atomic E-state index is -0.249. The van der Waals surface area contributed by atoms with Gasteiger partial charge in [-0.15, -0.1) is 0 Å². The number of aromatic nitrogens is 3. The first-order valence-electron chi connectivity index (χ1n) is 7.81. The summed E-state index contributed by atoms with van der Waals surface area (Å²) in [7, 11) is 1.95. The largest absolute Gasteiger partial charge is 0.477 e. The maximum atomic E-state index is 12.4. The third-order valence-electron chi connectivity index (χ3n) is 3.40. The lowest BCUT2D eigenvalue weighted by Gasteiger charge is -2.10. The normalized spacial score (nSPS) is 10.5. The van der Waals surface area contributed by atoms with Crippen LogP contribution in [-0.2, 0) is 7.05 Å². The molecule has 2 heterocycles. The van der Waals surface area contributed by atoms with E-state index in [-0.39, 0.29) is 5.91 Å². The lowest BCUT2D eigenvalue weighted by atomic mass is 10.2. The number of nitrogens with one attached hydrogen (secondary N) is 1. The highest BCUT2D eigenvalue weighted by Gasteiger charge is 2.13. The van der Waals surface area contributed by atoms with Gasteiger partial charge in [0.25, 0.3) is 5.91 Å². The maximum Gasteiger partial charge on any atom is 0.261 e. The fraction of sp³-hybridized carbons (Fsp3) is 0.167. The van der Waals surface area contributed by atoms with Crippen LogP contribution in [0, 0.1) is 0 Å². The first-order chi connectivity index (χ1) is 12.2. The van der Waals surface area contributed by atoms with Crippen molar-refractivity contribution in [2.75, 3.05) is 11.9 Å². The van der Waals surface area contributed by atoms with Crippen LogP contribution in [0.3, 0.4) is 0 Å². The van der Waals surface area contributed by atoms with Crippen molar-refractivity contribution in [1.82, 2.24) is 14.5 Å². The van der Waals surface area contributed by atoms with Crippen molar-refractivity contribution in [3.63, 3.8) is 0 Å². The molecule has 0 spiro atoms. The summed E-state index contributed by atoms with van der Waals surface area (Å²) in [6.45, 7) is 2.31. The molecule has 1 N–H and O–H groups in total. The number of hydrogen-bond acceptors (Lipinski definition) is 5. The molecule has 6 nitrogen and oxygen atoms in total. The number of aryl methyl sites for hydroxylation is 1. The second-order valence-electron chi connectivity index (χ2n) is 5.19. The summed E-state index contributed by atoms with van der Waals surface area (Å²) in [5.74, 6) is 0.0884. The van der Waals surface area contributed by atoms with Crippen molar-refractivity contribution < 1.29 is 9.53 Å². The van der Waals surface area contributed by atoms with Gasteiger partial charge in [0.1, 0.15) is 5.56 Å². The Balaban J connectivity index is 1.69. The van der Waals surface area contributed by atoms with E-state index < -0.39 is 0 Å². The van der Waals surface area contributed by atoms with Crippen molar-refractivity contribution in [2.45, 2.75) is 17.0 Å². The molecule has 0 aliphatic rings. The van der Waals surface area contributed by atoms with E-state index in [0.29, 0.717) is 23.7 Å². The molecule has 0 saturated carbocycles. The highest BCUT2D eigenvalue weighted by Crippen LogP contribution is 2.27. The number of pyridine rings is 1. The van der Waals surface area contributed by atoms with Gasteiger partial charge in [0.05, 0.1) is 6.61 Å². The molecule has 0 aliphatic heterocycles. The number of rotatable bonds is 6. The highest BCUT2D eigenvalue weighted by molar-refractivity contribution is 7.99. The molecule has 0 atom stereocenters. The van der Waals surface area contributed by atoms with Crippen LogP contribution in [0.5, 0.6) is 5.88 Å². The number of imidazole rings is 1. The van der Waals surface area contributed by atoms with Crippen molar-refractivity contribution in [2.24, 2.45) is 7.05 Å². The fourth-order valence-corrected chi connectivity index (χ4v) is 2.98. The third-order valence-corrected chi connectivity index (χ3v) is 4.48. The molecule has 0 unspecified atom stereocenters. The van der Waals surface area contributed by atoms with Gasteiger partial charge in [0.15, 0.2) is 5.16 Å². The Morgan fingerprint density at radius 2 is 2.00 bits per heavy atom. The van der Waals surface area contributed by atoms with Crippen LogP contribution in [0.15, 0.2) is 65.0 Å². The zero-order chi connectivity index (χ0) is 17.6. The molecule has 0 radical (unpaired) electrons. The lowest BCUT2D eigenvalue weighted by molar-refractivity contribution is 0.102. The predicted octanol–water partition coefficient (Wildman–Crippen LogP) is 3.62. The lowest BCUT2D eigenvalue weighted by Crippen LogP contribution is -2.14. The zero-order valence-corrected chi connectivity index (χ0v) is 14.8. The van der Waals surface area contributed by atoms with Crippen LogP contribution >= 0.6 is 11.8 Å². The monoisotopic (exact) mass is 354 g/mol. The predicted molar refractivity (Wildman–Crippen MR) is 97.1 cm³/mol. The van der Waals surface area contributed by atoms with Gasteiger partial charge in [0.2, 0.25) is 5.88 Å². The third kappa shape index (κ3) is 4.19. The van der Waals surface area contributed by atoms with E-state index in [9.17, 15) is 4.79 Å². The van der Waals surface area contributed by atoms with E-state index in [2.05, 4.69) is 15.3 Å². The molecule has 0 aliphatic carbocycles. The second kappa shape index (κ2) is 7.85. The summed E-state index contributed by atoms with van der Waals surface area (Å²) in [6, 6.07) is 11.0. The Hall–Kier alpha value is -2.80. The molecule has 25 heavy (non-hydrogen) atoms. The van der Waals surface area contributed by atoms with Crippen LogP contribution in [0.4, 0.5) is 5.69 Å². The van der Waals surface area contributed by atoms with E-state index in [1.54, 1.807) is 36.3 Å². The van der Waals surface area contributed by atoms with Gasteiger partial charge in [-0.1, -0.05) is 11.8 Å². The number of hydrogen-bond donors (Lipinski definition) is 1. The summed E-state index contributed by atoms with van der Waals surface area (Å²) in [5.41, 5.74) is 1.12. The Kier molecular flexibility index (Phi) is 5.35. The molecule has 3 rings (SSSR count). The first-order valence-corrected chi connectivity index (χ1v) is 8.63. The van der Waals surface area contributed by atoms with Crippen LogP contribution in [0.1, 0.15) is 17.3 Å². The number of carbonyl (C=O) groups excluding carboxylic acids is 1. The smallest absolute Gasteiger partial charge is 0.261 e. The van der Waals surface area contributed by atoms with Gasteiger partial charge in [-0.3, -0.25) is 4.79 Å². The summed E-state index contributed by atoms with van der Waals surface area (Å²) in [5, 5.41) is 3.78. The van der Waals surface area contributed by atoms with E-state index in [4.69, 9.17) is 4.74 Å². The number of amides is 1. The Labute approximate surface area is 150 Å². The van der Waals surface area contributed by atoms with Gasteiger partial charge >= 0.3 is 0 Å². The number of nitrogens with zero attached hydrogens (tertiary/aromatic N) is 3. The quantitative estimate of drug-likeness (QED) is 0.732.